The van der Waals surface area contributed by atoms with Crippen LogP contribution in [0.25, 0.3) is 6.08 Å². The molecule has 2 atom stereocenters. The first kappa shape index (κ1) is 8.87. The molecule has 1 aromatic rings. The van der Waals surface area contributed by atoms with E-state index in [2.05, 4.69) is 20.9 Å². The molecule has 13 heavy (non-hydrogen) atoms. The molecule has 0 aromatic carbocycles. The smallest absolute Gasteiger partial charge is 0.126 e. The minimum Gasteiger partial charge on any atom is -0.386 e. The normalized spacial score (nSPS) is 25.8. The van der Waals surface area contributed by atoms with Gasteiger partial charge in [-0.25, -0.2) is 0 Å². The number of hydrogen-bond acceptors (Lipinski definition) is 3. The van der Waals surface area contributed by atoms with Gasteiger partial charge in [0.2, 0.25) is 0 Å². The van der Waals surface area contributed by atoms with Gasteiger partial charge in [0.05, 0.1) is 5.69 Å². The molecule has 0 unspecified atom stereocenters. The summed E-state index contributed by atoms with van der Waals surface area (Å²) in [6.45, 7) is 0. The van der Waals surface area contributed by atoms with E-state index in [4.69, 9.17) is 0 Å². The summed E-state index contributed by atoms with van der Waals surface area (Å²) < 4.78 is 0.861. The predicted molar refractivity (Wildman–Crippen MR) is 51.9 cm³/mol. The van der Waals surface area contributed by atoms with E-state index in [1.54, 1.807) is 18.3 Å². The Balaban J connectivity index is 2.52. The quantitative estimate of drug-likeness (QED) is 0.720. The first-order valence-corrected chi connectivity index (χ1v) is 4.67. The van der Waals surface area contributed by atoms with E-state index in [-0.39, 0.29) is 0 Å². The Morgan fingerprint density at radius 3 is 2.92 bits per heavy atom. The molecule has 0 saturated carbocycles. The highest BCUT2D eigenvalue weighted by atomic mass is 79.9. The maximum Gasteiger partial charge on any atom is 0.126 e. The highest BCUT2D eigenvalue weighted by molar-refractivity contribution is 9.10. The second-order valence-corrected chi connectivity index (χ2v) is 3.84. The summed E-state index contributed by atoms with van der Waals surface area (Å²) in [5, 5.41) is 18.8. The number of halogens is 1. The minimum atomic E-state index is -0.909. The molecule has 1 heterocycles. The van der Waals surface area contributed by atoms with E-state index in [1.807, 2.05) is 6.07 Å². The summed E-state index contributed by atoms with van der Waals surface area (Å²) in [5.41, 5.74) is 1.37. The fourth-order valence-corrected chi connectivity index (χ4v) is 1.66. The van der Waals surface area contributed by atoms with Crippen LogP contribution in [0, 0.1) is 0 Å². The molecular weight excluding hydrogens is 234 g/mol. The third-order valence-corrected chi connectivity index (χ3v) is 2.43. The van der Waals surface area contributed by atoms with Crippen LogP contribution in [0.4, 0.5) is 0 Å². The van der Waals surface area contributed by atoms with Crippen LogP contribution in [0.5, 0.6) is 0 Å². The van der Waals surface area contributed by atoms with E-state index in [0.717, 1.165) is 10.0 Å². The van der Waals surface area contributed by atoms with Gasteiger partial charge in [0, 0.05) is 10.7 Å². The Hall–Kier alpha value is -0.710. The minimum absolute atomic E-state index is 0.526. The van der Waals surface area contributed by atoms with Crippen LogP contribution in [0.3, 0.4) is 0 Å². The fourth-order valence-electron chi connectivity index (χ4n) is 1.32. The van der Waals surface area contributed by atoms with E-state index >= 15 is 0 Å². The molecule has 2 N–H and O–H groups in total. The van der Waals surface area contributed by atoms with Crippen LogP contribution in [0.15, 0.2) is 22.8 Å². The van der Waals surface area contributed by atoms with Gasteiger partial charge in [-0.2, -0.15) is 0 Å². The van der Waals surface area contributed by atoms with Crippen molar-refractivity contribution < 1.29 is 10.2 Å². The van der Waals surface area contributed by atoms with Gasteiger partial charge < -0.3 is 10.2 Å². The molecule has 3 nitrogen and oxygen atoms in total. The predicted octanol–water partition coefficient (Wildman–Crippen LogP) is 1.27. The van der Waals surface area contributed by atoms with Crippen molar-refractivity contribution in [3.63, 3.8) is 0 Å². The third kappa shape index (κ3) is 1.52. The first-order chi connectivity index (χ1) is 6.18. The summed E-state index contributed by atoms with van der Waals surface area (Å²) in [6.07, 6.45) is 3.16. The van der Waals surface area contributed by atoms with Crippen molar-refractivity contribution in [3.05, 3.63) is 34.1 Å². The van der Waals surface area contributed by atoms with Crippen LogP contribution in [0.1, 0.15) is 17.4 Å². The summed E-state index contributed by atoms with van der Waals surface area (Å²) in [7, 11) is 0. The number of pyridine rings is 1. The molecule has 0 aliphatic heterocycles. The number of aliphatic hydroxyl groups is 2. The van der Waals surface area contributed by atoms with Gasteiger partial charge in [-0.3, -0.25) is 4.98 Å². The zero-order chi connectivity index (χ0) is 9.42. The van der Waals surface area contributed by atoms with E-state index < -0.39 is 12.2 Å². The maximum atomic E-state index is 9.54. The van der Waals surface area contributed by atoms with E-state index in [9.17, 15) is 10.2 Å². The molecule has 0 saturated heterocycles. The number of nitrogens with zero attached hydrogens (tertiary/aromatic N) is 1. The molecule has 0 radical (unpaired) electrons. The van der Waals surface area contributed by atoms with Crippen molar-refractivity contribution in [2.24, 2.45) is 0 Å². The first-order valence-electron chi connectivity index (χ1n) is 3.88. The lowest BCUT2D eigenvalue weighted by Crippen LogP contribution is -2.20. The summed E-state index contributed by atoms with van der Waals surface area (Å²) in [5.74, 6) is 0. The van der Waals surface area contributed by atoms with Crippen LogP contribution in [0.2, 0.25) is 0 Å². The van der Waals surface area contributed by atoms with Crippen LogP contribution in [-0.4, -0.2) is 21.3 Å². The lowest BCUT2D eigenvalue weighted by atomic mass is 9.98. The summed E-state index contributed by atoms with van der Waals surface area (Å²) >= 11 is 3.28. The molecule has 2 rings (SSSR count). The topological polar surface area (TPSA) is 53.4 Å². The molecule has 0 fully saturated rings. The largest absolute Gasteiger partial charge is 0.386 e. The Bertz CT molecular complexity index is 365. The maximum absolute atomic E-state index is 9.54. The van der Waals surface area contributed by atoms with Gasteiger partial charge >= 0.3 is 0 Å². The summed E-state index contributed by atoms with van der Waals surface area (Å²) in [6, 6.07) is 1.86. The van der Waals surface area contributed by atoms with Crippen LogP contribution >= 0.6 is 15.9 Å². The van der Waals surface area contributed by atoms with E-state index in [1.165, 1.54) is 0 Å². The average Bonchev–Trinajstić information content (AvgIpc) is 2.12. The van der Waals surface area contributed by atoms with Gasteiger partial charge in [0.1, 0.15) is 12.2 Å². The van der Waals surface area contributed by atoms with Gasteiger partial charge in [-0.05, 0) is 27.6 Å². The van der Waals surface area contributed by atoms with Gasteiger partial charge in [0.25, 0.3) is 0 Å². The number of fused-ring (bicyclic) bond motifs is 1. The van der Waals surface area contributed by atoms with Crippen molar-refractivity contribution >= 4 is 22.0 Å². The molecule has 0 bridgehead atoms. The second-order valence-electron chi connectivity index (χ2n) is 2.92. The Labute approximate surface area is 83.9 Å². The highest BCUT2D eigenvalue weighted by Crippen LogP contribution is 2.27. The van der Waals surface area contributed by atoms with Crippen molar-refractivity contribution in [1.82, 2.24) is 4.98 Å². The number of hydrogen-bond donors (Lipinski definition) is 2. The number of rotatable bonds is 0. The third-order valence-electron chi connectivity index (χ3n) is 1.99. The Morgan fingerprint density at radius 1 is 1.38 bits per heavy atom. The Kier molecular flexibility index (Phi) is 2.19. The number of aliphatic hydroxyl groups excluding tert-OH is 2. The van der Waals surface area contributed by atoms with Crippen molar-refractivity contribution in [3.8, 4) is 0 Å². The van der Waals surface area contributed by atoms with Crippen molar-refractivity contribution in [2.45, 2.75) is 12.2 Å². The number of aromatic nitrogens is 1. The Morgan fingerprint density at radius 2 is 2.15 bits per heavy atom. The standard InChI is InChI=1S/C9H8BrNO2/c10-6-3-5-1-2-7(12)9(13)8(5)11-4-6/h1-4,7,9,12-13H/t7-,9-/m0/s1. The van der Waals surface area contributed by atoms with Gasteiger partial charge in [-0.15, -0.1) is 0 Å². The average molecular weight is 242 g/mol. The van der Waals surface area contributed by atoms with Crippen LogP contribution in [-0.2, 0) is 0 Å². The van der Waals surface area contributed by atoms with E-state index in [0.29, 0.717) is 5.69 Å². The molecule has 1 aliphatic rings. The van der Waals surface area contributed by atoms with Crippen molar-refractivity contribution in [2.75, 3.05) is 0 Å². The highest BCUT2D eigenvalue weighted by Gasteiger charge is 2.23. The van der Waals surface area contributed by atoms with Crippen LogP contribution < -0.4 is 0 Å². The molecule has 0 amide bonds. The van der Waals surface area contributed by atoms with Gasteiger partial charge in [-0.1, -0.05) is 12.2 Å². The molecule has 4 heteroatoms. The lowest BCUT2D eigenvalue weighted by Gasteiger charge is -2.20. The van der Waals surface area contributed by atoms with Crippen molar-refractivity contribution in [1.29, 1.82) is 0 Å². The van der Waals surface area contributed by atoms with Gasteiger partial charge in [0.15, 0.2) is 0 Å². The summed E-state index contributed by atoms with van der Waals surface area (Å²) in [4.78, 5) is 4.04. The molecule has 1 aliphatic carbocycles. The molecule has 68 valence electrons. The fraction of sp³-hybridized carbons (Fsp3) is 0.222. The SMILES string of the molecule is O[C@@H]1c2ncc(Br)cc2C=C[C@@H]1O. The molecular formula is C9H8BrNO2. The second kappa shape index (κ2) is 3.21. The lowest BCUT2D eigenvalue weighted by molar-refractivity contribution is 0.0440. The monoisotopic (exact) mass is 241 g/mol. The molecule has 0 spiro atoms. The molecule has 1 aromatic heterocycles. The zero-order valence-electron chi connectivity index (χ0n) is 6.68. The zero-order valence-corrected chi connectivity index (χ0v) is 8.27.